The van der Waals surface area contributed by atoms with Gasteiger partial charge in [0.05, 0.1) is 5.92 Å². The topological polar surface area (TPSA) is 69.6 Å². The molecule has 0 radical (unpaired) electrons. The molecule has 1 atom stereocenters. The molecule has 0 aliphatic carbocycles. The molecule has 2 rings (SSSR count). The zero-order valence-electron chi connectivity index (χ0n) is 15.0. The number of hydrogen-bond acceptors (Lipinski definition) is 6. The highest BCUT2D eigenvalue weighted by Gasteiger charge is 2.37. The van der Waals surface area contributed by atoms with Crippen molar-refractivity contribution in [2.24, 2.45) is 5.92 Å². The highest BCUT2D eigenvalue weighted by molar-refractivity contribution is 7.15. The number of nitrogens with zero attached hydrogens (tertiary/aromatic N) is 5. The molecular weight excluding hydrogens is 326 g/mol. The van der Waals surface area contributed by atoms with Gasteiger partial charge >= 0.3 is 0 Å². The molecule has 1 aromatic rings. The molecule has 1 aliphatic heterocycles. The van der Waals surface area contributed by atoms with Gasteiger partial charge in [-0.25, -0.2) is 0 Å². The first-order chi connectivity index (χ1) is 11.4. The van der Waals surface area contributed by atoms with Crippen LogP contribution >= 0.6 is 11.3 Å². The molecular formula is C16H27N5O2S. The van der Waals surface area contributed by atoms with E-state index in [1.165, 1.54) is 11.3 Å². The Morgan fingerprint density at radius 3 is 2.71 bits per heavy atom. The lowest BCUT2D eigenvalue weighted by Crippen LogP contribution is -2.36. The van der Waals surface area contributed by atoms with Gasteiger partial charge in [0.1, 0.15) is 5.01 Å². The Morgan fingerprint density at radius 1 is 1.29 bits per heavy atom. The first kappa shape index (κ1) is 18.8. The summed E-state index contributed by atoms with van der Waals surface area (Å²) < 4.78 is 0. The summed E-state index contributed by atoms with van der Waals surface area (Å²) in [4.78, 5) is 30.3. The third-order valence-electron chi connectivity index (χ3n) is 4.10. The predicted molar refractivity (Wildman–Crippen MR) is 95.2 cm³/mol. The number of aryl methyl sites for hydroxylation is 1. The van der Waals surface area contributed by atoms with Gasteiger partial charge < -0.3 is 9.80 Å². The minimum atomic E-state index is -0.277. The molecule has 0 N–H and O–H groups in total. The number of rotatable bonds is 8. The van der Waals surface area contributed by atoms with E-state index in [0.717, 1.165) is 30.8 Å². The van der Waals surface area contributed by atoms with Crippen LogP contribution in [-0.2, 0) is 16.0 Å². The number of carbonyl (C=O) groups is 2. The molecule has 134 valence electrons. The van der Waals surface area contributed by atoms with E-state index in [1.807, 2.05) is 21.1 Å². The smallest absolute Gasteiger partial charge is 0.229 e. The van der Waals surface area contributed by atoms with Crippen LogP contribution in [0.4, 0.5) is 5.13 Å². The molecule has 2 heterocycles. The van der Waals surface area contributed by atoms with E-state index < -0.39 is 0 Å². The monoisotopic (exact) mass is 353 g/mol. The summed E-state index contributed by atoms with van der Waals surface area (Å²) in [7, 11) is 5.85. The molecule has 0 aromatic carbocycles. The normalized spacial score (nSPS) is 17.8. The second kappa shape index (κ2) is 8.53. The summed E-state index contributed by atoms with van der Waals surface area (Å²) in [5.74, 6) is -0.266. The fourth-order valence-electron chi connectivity index (χ4n) is 2.77. The second-order valence-electron chi connectivity index (χ2n) is 6.55. The van der Waals surface area contributed by atoms with Crippen LogP contribution < -0.4 is 4.90 Å². The van der Waals surface area contributed by atoms with Crippen LogP contribution in [0.25, 0.3) is 0 Å². The van der Waals surface area contributed by atoms with Crippen molar-refractivity contribution >= 4 is 28.3 Å². The Labute approximate surface area is 147 Å². The van der Waals surface area contributed by atoms with E-state index in [2.05, 4.69) is 22.0 Å². The molecule has 1 aromatic heterocycles. The Kier molecular flexibility index (Phi) is 6.68. The number of amides is 2. The van der Waals surface area contributed by atoms with Gasteiger partial charge in [-0.2, -0.15) is 0 Å². The van der Waals surface area contributed by atoms with E-state index >= 15 is 0 Å². The van der Waals surface area contributed by atoms with Gasteiger partial charge in [-0.15, -0.1) is 10.2 Å². The number of aromatic nitrogens is 2. The van der Waals surface area contributed by atoms with Crippen molar-refractivity contribution in [3.63, 3.8) is 0 Å². The SMILES string of the molecule is CCCc1nnc(N2CC(C(=O)N(C)CCCN(C)C)CC2=O)s1. The molecule has 0 spiro atoms. The van der Waals surface area contributed by atoms with Crippen molar-refractivity contribution in [2.45, 2.75) is 32.6 Å². The summed E-state index contributed by atoms with van der Waals surface area (Å²) in [6.07, 6.45) is 3.06. The number of anilines is 1. The van der Waals surface area contributed by atoms with Gasteiger partial charge in [0, 0.05) is 33.0 Å². The van der Waals surface area contributed by atoms with E-state index in [9.17, 15) is 9.59 Å². The lowest BCUT2D eigenvalue weighted by atomic mass is 10.1. The minimum Gasteiger partial charge on any atom is -0.345 e. The van der Waals surface area contributed by atoms with Crippen LogP contribution in [0.2, 0.25) is 0 Å². The first-order valence-corrected chi connectivity index (χ1v) is 9.26. The zero-order chi connectivity index (χ0) is 17.7. The average molecular weight is 353 g/mol. The van der Waals surface area contributed by atoms with E-state index in [-0.39, 0.29) is 24.2 Å². The standard InChI is InChI=1S/C16H27N5O2S/c1-5-7-13-17-18-16(24-13)21-11-12(10-14(21)22)15(23)20(4)9-6-8-19(2)3/h12H,5-11H2,1-4H3. The lowest BCUT2D eigenvalue weighted by Gasteiger charge is -2.21. The van der Waals surface area contributed by atoms with Crippen molar-refractivity contribution in [1.82, 2.24) is 20.0 Å². The van der Waals surface area contributed by atoms with Crippen LogP contribution in [0.15, 0.2) is 0 Å². The van der Waals surface area contributed by atoms with Crippen molar-refractivity contribution in [3.05, 3.63) is 5.01 Å². The predicted octanol–water partition coefficient (Wildman–Crippen LogP) is 1.25. The third kappa shape index (κ3) is 4.73. The average Bonchev–Trinajstić information content (AvgIpc) is 3.13. The zero-order valence-corrected chi connectivity index (χ0v) is 15.8. The van der Waals surface area contributed by atoms with Gasteiger partial charge in [0.25, 0.3) is 0 Å². The Balaban J connectivity index is 1.91. The Morgan fingerprint density at radius 2 is 2.04 bits per heavy atom. The Hall–Kier alpha value is -1.54. The molecule has 7 nitrogen and oxygen atoms in total. The molecule has 2 amide bonds. The van der Waals surface area contributed by atoms with E-state index in [1.54, 1.807) is 9.80 Å². The van der Waals surface area contributed by atoms with Gasteiger partial charge in [0.2, 0.25) is 16.9 Å². The van der Waals surface area contributed by atoms with Crippen LogP contribution in [-0.4, -0.2) is 72.6 Å². The summed E-state index contributed by atoms with van der Waals surface area (Å²) in [5.41, 5.74) is 0. The van der Waals surface area contributed by atoms with Crippen molar-refractivity contribution in [2.75, 3.05) is 45.7 Å². The Bertz CT molecular complexity index is 575. The maximum absolute atomic E-state index is 12.6. The maximum atomic E-state index is 12.6. The summed E-state index contributed by atoms with van der Waals surface area (Å²) in [5, 5.41) is 9.80. The molecule has 0 bridgehead atoms. The van der Waals surface area contributed by atoms with Crippen LogP contribution in [0.5, 0.6) is 0 Å². The molecule has 1 fully saturated rings. The lowest BCUT2D eigenvalue weighted by molar-refractivity contribution is -0.134. The molecule has 1 aliphatic rings. The van der Waals surface area contributed by atoms with Crippen LogP contribution in [0.1, 0.15) is 31.2 Å². The summed E-state index contributed by atoms with van der Waals surface area (Å²) in [6.45, 7) is 4.15. The van der Waals surface area contributed by atoms with E-state index in [0.29, 0.717) is 18.2 Å². The largest absolute Gasteiger partial charge is 0.345 e. The fraction of sp³-hybridized carbons (Fsp3) is 0.750. The minimum absolute atomic E-state index is 0.0331. The number of carbonyl (C=O) groups excluding carboxylic acids is 2. The highest BCUT2D eigenvalue weighted by Crippen LogP contribution is 2.29. The van der Waals surface area contributed by atoms with Crippen LogP contribution in [0.3, 0.4) is 0 Å². The van der Waals surface area contributed by atoms with Gasteiger partial charge in [-0.3, -0.25) is 14.5 Å². The molecule has 0 saturated carbocycles. The molecule has 24 heavy (non-hydrogen) atoms. The second-order valence-corrected chi connectivity index (χ2v) is 7.59. The van der Waals surface area contributed by atoms with Crippen molar-refractivity contribution < 1.29 is 9.59 Å². The molecule has 1 saturated heterocycles. The van der Waals surface area contributed by atoms with E-state index in [4.69, 9.17) is 0 Å². The third-order valence-corrected chi connectivity index (χ3v) is 5.11. The van der Waals surface area contributed by atoms with Gasteiger partial charge in [-0.1, -0.05) is 18.3 Å². The van der Waals surface area contributed by atoms with Crippen molar-refractivity contribution in [3.8, 4) is 0 Å². The fourth-order valence-corrected chi connectivity index (χ4v) is 3.74. The summed E-state index contributed by atoms with van der Waals surface area (Å²) >= 11 is 1.45. The van der Waals surface area contributed by atoms with Crippen LogP contribution in [0, 0.1) is 5.92 Å². The van der Waals surface area contributed by atoms with Gasteiger partial charge in [-0.05, 0) is 33.5 Å². The maximum Gasteiger partial charge on any atom is 0.229 e. The van der Waals surface area contributed by atoms with Gasteiger partial charge in [0.15, 0.2) is 0 Å². The first-order valence-electron chi connectivity index (χ1n) is 8.44. The molecule has 8 heteroatoms. The quantitative estimate of drug-likeness (QED) is 0.704. The highest BCUT2D eigenvalue weighted by atomic mass is 32.1. The molecule has 1 unspecified atom stereocenters. The van der Waals surface area contributed by atoms with Crippen molar-refractivity contribution in [1.29, 1.82) is 0 Å². The number of hydrogen-bond donors (Lipinski definition) is 0. The summed E-state index contributed by atoms with van der Waals surface area (Å²) in [6, 6.07) is 0.